The molecule has 0 aliphatic rings. The number of amides is 2. The summed E-state index contributed by atoms with van der Waals surface area (Å²) in [4.78, 5) is 28.2. The molecule has 0 aromatic heterocycles. The molecule has 0 fully saturated rings. The predicted molar refractivity (Wildman–Crippen MR) is 142 cm³/mol. The summed E-state index contributed by atoms with van der Waals surface area (Å²) in [5, 5.41) is 3.36. The normalized spacial score (nSPS) is 13.1. The number of aryl methyl sites for hydroxylation is 1. The van der Waals surface area contributed by atoms with Gasteiger partial charge in [0.1, 0.15) is 12.6 Å². The smallest absolute Gasteiger partial charge is 0.244 e. The molecule has 2 amide bonds. The standard InChI is InChI=1S/C25H33Cl2N3O4S/c1-6-18(4)28-25(32)22(7-2)29(15-19-10-8-17(3)9-11-19)24(31)16-30(35(5,33)34)23-14-20(26)12-13-21(23)27/h8-14,18,22H,6-7,15-16H2,1-5H3,(H,28,32)/t18-,22-/m0/s1. The van der Waals surface area contributed by atoms with Gasteiger partial charge in [0.05, 0.1) is 17.0 Å². The first kappa shape index (κ1) is 28.9. The number of nitrogens with zero attached hydrogens (tertiary/aromatic N) is 2. The summed E-state index contributed by atoms with van der Waals surface area (Å²) in [6, 6.07) is 11.2. The van der Waals surface area contributed by atoms with E-state index in [1.54, 1.807) is 0 Å². The zero-order chi connectivity index (χ0) is 26.3. The molecule has 0 aliphatic carbocycles. The zero-order valence-corrected chi connectivity index (χ0v) is 23.0. The first-order chi connectivity index (χ1) is 16.4. The van der Waals surface area contributed by atoms with Gasteiger partial charge < -0.3 is 10.2 Å². The number of sulfonamides is 1. The Labute approximate surface area is 218 Å². The van der Waals surface area contributed by atoms with Crippen LogP contribution >= 0.6 is 23.2 Å². The number of benzene rings is 2. The number of carbonyl (C=O) groups excluding carboxylic acids is 2. The first-order valence-electron chi connectivity index (χ1n) is 11.5. The minimum absolute atomic E-state index is 0.0642. The van der Waals surface area contributed by atoms with Gasteiger partial charge in [-0.2, -0.15) is 0 Å². The molecule has 0 bridgehead atoms. The van der Waals surface area contributed by atoms with Crippen LogP contribution in [0.1, 0.15) is 44.7 Å². The average molecular weight is 543 g/mol. The number of carbonyl (C=O) groups is 2. The maximum Gasteiger partial charge on any atom is 0.244 e. The molecule has 2 aromatic rings. The lowest BCUT2D eigenvalue weighted by Crippen LogP contribution is -2.53. The van der Waals surface area contributed by atoms with Crippen LogP contribution in [-0.4, -0.2) is 50.0 Å². The molecule has 0 saturated heterocycles. The molecule has 2 atom stereocenters. The van der Waals surface area contributed by atoms with Gasteiger partial charge in [-0.15, -0.1) is 0 Å². The highest BCUT2D eigenvalue weighted by molar-refractivity contribution is 7.92. The second-order valence-corrected chi connectivity index (χ2v) is 11.4. The molecule has 0 spiro atoms. The van der Waals surface area contributed by atoms with Crippen LogP contribution in [0.2, 0.25) is 10.0 Å². The molecule has 7 nitrogen and oxygen atoms in total. The molecule has 10 heteroatoms. The van der Waals surface area contributed by atoms with E-state index in [9.17, 15) is 18.0 Å². The fourth-order valence-electron chi connectivity index (χ4n) is 3.52. The zero-order valence-electron chi connectivity index (χ0n) is 20.7. The van der Waals surface area contributed by atoms with Crippen LogP contribution in [0.4, 0.5) is 5.69 Å². The SMILES string of the molecule is CC[C@H](C)NC(=O)[C@H](CC)N(Cc1ccc(C)cc1)C(=O)CN(c1cc(Cl)ccc1Cl)S(C)(=O)=O. The lowest BCUT2D eigenvalue weighted by molar-refractivity contribution is -0.140. The van der Waals surface area contributed by atoms with E-state index >= 15 is 0 Å². The fraction of sp³-hybridized carbons (Fsp3) is 0.440. The average Bonchev–Trinajstić information content (AvgIpc) is 2.79. The number of hydrogen-bond acceptors (Lipinski definition) is 4. The van der Waals surface area contributed by atoms with Gasteiger partial charge in [-0.25, -0.2) is 8.42 Å². The molecule has 0 unspecified atom stereocenters. The topological polar surface area (TPSA) is 86.8 Å². The van der Waals surface area contributed by atoms with Crippen LogP contribution < -0.4 is 9.62 Å². The highest BCUT2D eigenvalue weighted by Gasteiger charge is 2.32. The second-order valence-electron chi connectivity index (χ2n) is 8.61. The second kappa shape index (κ2) is 12.6. The third kappa shape index (κ3) is 8.12. The summed E-state index contributed by atoms with van der Waals surface area (Å²) in [5.74, 6) is -0.813. The van der Waals surface area contributed by atoms with Gasteiger partial charge in [0.15, 0.2) is 0 Å². The van der Waals surface area contributed by atoms with E-state index in [0.29, 0.717) is 6.42 Å². The molecule has 2 aromatic carbocycles. The molecular formula is C25H33Cl2N3O4S. The molecule has 1 N–H and O–H groups in total. The van der Waals surface area contributed by atoms with Crippen molar-refractivity contribution in [2.24, 2.45) is 0 Å². The van der Waals surface area contributed by atoms with Crippen molar-refractivity contribution >= 4 is 50.7 Å². The van der Waals surface area contributed by atoms with Gasteiger partial charge in [-0.1, -0.05) is 66.9 Å². The van der Waals surface area contributed by atoms with Crippen molar-refractivity contribution in [3.63, 3.8) is 0 Å². The summed E-state index contributed by atoms with van der Waals surface area (Å²) < 4.78 is 26.3. The van der Waals surface area contributed by atoms with Crippen LogP contribution in [-0.2, 0) is 26.2 Å². The van der Waals surface area contributed by atoms with Crippen LogP contribution in [0.3, 0.4) is 0 Å². The molecule has 35 heavy (non-hydrogen) atoms. The van der Waals surface area contributed by atoms with Crippen molar-refractivity contribution in [2.45, 2.75) is 59.2 Å². The van der Waals surface area contributed by atoms with Gasteiger partial charge in [-0.05, 0) is 50.5 Å². The largest absolute Gasteiger partial charge is 0.352 e. The van der Waals surface area contributed by atoms with Crippen LogP contribution in [0.15, 0.2) is 42.5 Å². The summed E-state index contributed by atoms with van der Waals surface area (Å²) in [5.41, 5.74) is 1.99. The minimum atomic E-state index is -3.90. The van der Waals surface area contributed by atoms with Crippen LogP contribution in [0, 0.1) is 6.92 Å². The molecule has 0 aliphatic heterocycles. The van der Waals surface area contributed by atoms with Crippen LogP contribution in [0.5, 0.6) is 0 Å². The lowest BCUT2D eigenvalue weighted by Gasteiger charge is -2.33. The molecule has 0 heterocycles. The van der Waals surface area contributed by atoms with Gasteiger partial charge in [0.25, 0.3) is 0 Å². The monoisotopic (exact) mass is 541 g/mol. The summed E-state index contributed by atoms with van der Waals surface area (Å²) in [6.45, 7) is 7.24. The Morgan fingerprint density at radius 1 is 1.03 bits per heavy atom. The number of rotatable bonds is 11. The third-order valence-electron chi connectivity index (χ3n) is 5.72. The highest BCUT2D eigenvalue weighted by atomic mass is 35.5. The Morgan fingerprint density at radius 3 is 2.20 bits per heavy atom. The van der Waals surface area contributed by atoms with E-state index in [2.05, 4.69) is 5.32 Å². The highest BCUT2D eigenvalue weighted by Crippen LogP contribution is 2.31. The van der Waals surface area contributed by atoms with Crippen molar-refractivity contribution in [3.05, 3.63) is 63.6 Å². The summed E-state index contributed by atoms with van der Waals surface area (Å²) in [6.07, 6.45) is 2.09. The Kier molecular flexibility index (Phi) is 10.4. The van der Waals surface area contributed by atoms with Crippen LogP contribution in [0.25, 0.3) is 0 Å². The van der Waals surface area contributed by atoms with Crippen molar-refractivity contribution < 1.29 is 18.0 Å². The number of halogens is 2. The van der Waals surface area contributed by atoms with Gasteiger partial charge in [0, 0.05) is 17.6 Å². The maximum absolute atomic E-state index is 13.7. The van der Waals surface area contributed by atoms with E-state index in [0.717, 1.165) is 28.1 Å². The van der Waals surface area contributed by atoms with E-state index in [4.69, 9.17) is 23.2 Å². The molecule has 192 valence electrons. The maximum atomic E-state index is 13.7. The number of hydrogen-bond donors (Lipinski definition) is 1. The van der Waals surface area contributed by atoms with E-state index in [-0.39, 0.29) is 34.2 Å². The lowest BCUT2D eigenvalue weighted by atomic mass is 10.1. The number of anilines is 1. The molecule has 0 radical (unpaired) electrons. The molecule has 2 rings (SSSR count). The first-order valence-corrected chi connectivity index (χ1v) is 14.1. The molecular weight excluding hydrogens is 509 g/mol. The van der Waals surface area contributed by atoms with E-state index < -0.39 is 28.5 Å². The van der Waals surface area contributed by atoms with E-state index in [1.165, 1.54) is 23.1 Å². The van der Waals surface area contributed by atoms with Crippen molar-refractivity contribution in [1.82, 2.24) is 10.2 Å². The van der Waals surface area contributed by atoms with E-state index in [1.807, 2.05) is 52.0 Å². The summed E-state index contributed by atoms with van der Waals surface area (Å²) >= 11 is 12.3. The predicted octanol–water partition coefficient (Wildman–Crippen LogP) is 4.79. The van der Waals surface area contributed by atoms with Crippen molar-refractivity contribution in [3.8, 4) is 0 Å². The Bertz CT molecular complexity index is 1140. The van der Waals surface area contributed by atoms with Gasteiger partial charge in [-0.3, -0.25) is 13.9 Å². The third-order valence-corrected chi connectivity index (χ3v) is 7.40. The van der Waals surface area contributed by atoms with Gasteiger partial charge >= 0.3 is 0 Å². The Morgan fingerprint density at radius 2 is 1.66 bits per heavy atom. The summed E-state index contributed by atoms with van der Waals surface area (Å²) in [7, 11) is -3.90. The molecule has 0 saturated carbocycles. The van der Waals surface area contributed by atoms with Gasteiger partial charge in [0.2, 0.25) is 21.8 Å². The van der Waals surface area contributed by atoms with Crippen molar-refractivity contribution in [1.29, 1.82) is 0 Å². The Hall–Kier alpha value is -2.29. The minimum Gasteiger partial charge on any atom is -0.352 e. The van der Waals surface area contributed by atoms with Crippen molar-refractivity contribution in [2.75, 3.05) is 17.1 Å². The number of nitrogens with one attached hydrogen (secondary N) is 1. The quantitative estimate of drug-likeness (QED) is 0.443. The Balaban J connectivity index is 2.47. The fourth-order valence-corrected chi connectivity index (χ4v) is 4.81.